The molecule has 7 heteroatoms. The summed E-state index contributed by atoms with van der Waals surface area (Å²) in [6.45, 7) is 0. The molecule has 0 aliphatic heterocycles. The zero-order valence-electron chi connectivity index (χ0n) is 9.68. The first kappa shape index (κ1) is 12.5. The average molecular weight is 373 g/mol. The number of hydrogen-bond acceptors (Lipinski definition) is 3. The van der Waals surface area contributed by atoms with Crippen LogP contribution in [-0.4, -0.2) is 26.1 Å². The Kier molecular flexibility index (Phi) is 3.00. The van der Waals surface area contributed by atoms with E-state index in [0.29, 0.717) is 15.0 Å². The van der Waals surface area contributed by atoms with Crippen LogP contribution >= 0.6 is 22.6 Å². The summed E-state index contributed by atoms with van der Waals surface area (Å²) in [5.41, 5.74) is 1.06. The van der Waals surface area contributed by atoms with Crippen molar-refractivity contribution in [2.24, 2.45) is 0 Å². The topological polar surface area (TPSA) is 68.0 Å². The molecule has 0 bridgehead atoms. The quantitative estimate of drug-likeness (QED) is 0.840. The van der Waals surface area contributed by atoms with Gasteiger partial charge in [0.2, 0.25) is 0 Å². The van der Waals surface area contributed by atoms with E-state index in [9.17, 15) is 9.18 Å². The molecule has 3 rings (SSSR count). The number of benzene rings is 1. The normalized spacial score (nSPS) is 14.6. The molecule has 0 amide bonds. The zero-order chi connectivity index (χ0) is 13.6. The van der Waals surface area contributed by atoms with Crippen LogP contribution in [0.2, 0.25) is 0 Å². The molecule has 98 valence electrons. The largest absolute Gasteiger partial charge is 0.476 e. The Morgan fingerprint density at radius 1 is 1.47 bits per heavy atom. The maximum atomic E-state index is 13.6. The molecule has 0 spiro atoms. The van der Waals surface area contributed by atoms with Gasteiger partial charge in [-0.2, -0.15) is 0 Å². The van der Waals surface area contributed by atoms with E-state index in [1.54, 1.807) is 12.1 Å². The van der Waals surface area contributed by atoms with Crippen LogP contribution in [0.4, 0.5) is 4.39 Å². The lowest BCUT2D eigenvalue weighted by molar-refractivity contribution is 0.0689. The van der Waals surface area contributed by atoms with Gasteiger partial charge < -0.3 is 5.11 Å². The van der Waals surface area contributed by atoms with E-state index in [2.05, 4.69) is 10.3 Å². The summed E-state index contributed by atoms with van der Waals surface area (Å²) in [5, 5.41) is 16.7. The monoisotopic (exact) mass is 373 g/mol. The fourth-order valence-corrected chi connectivity index (χ4v) is 2.59. The molecule has 1 aliphatic carbocycles. The van der Waals surface area contributed by atoms with Crippen LogP contribution in [0.3, 0.4) is 0 Å². The lowest BCUT2D eigenvalue weighted by atomic mass is 10.2. The van der Waals surface area contributed by atoms with Crippen LogP contribution in [0, 0.1) is 9.39 Å². The van der Waals surface area contributed by atoms with Crippen LogP contribution in [0.25, 0.3) is 5.69 Å². The maximum Gasteiger partial charge on any atom is 0.358 e. The molecular formula is C12H9FIN3O2. The third-order valence-electron chi connectivity index (χ3n) is 3.03. The van der Waals surface area contributed by atoms with Gasteiger partial charge in [-0.3, -0.25) is 0 Å². The lowest BCUT2D eigenvalue weighted by Gasteiger charge is -2.08. The number of carbonyl (C=O) groups is 1. The summed E-state index contributed by atoms with van der Waals surface area (Å²) >= 11 is 1.88. The highest BCUT2D eigenvalue weighted by molar-refractivity contribution is 14.1. The predicted octanol–water partition coefficient (Wildman–Crippen LogP) is 2.59. The molecule has 0 saturated heterocycles. The van der Waals surface area contributed by atoms with Gasteiger partial charge in [-0.25, -0.2) is 13.9 Å². The number of hydrogen-bond donors (Lipinski definition) is 1. The Balaban J connectivity index is 2.20. The van der Waals surface area contributed by atoms with E-state index in [-0.39, 0.29) is 17.4 Å². The van der Waals surface area contributed by atoms with Crippen molar-refractivity contribution < 1.29 is 14.3 Å². The van der Waals surface area contributed by atoms with Crippen LogP contribution in [-0.2, 0) is 0 Å². The Morgan fingerprint density at radius 3 is 2.84 bits per heavy atom. The Bertz CT molecular complexity index is 667. The molecule has 1 saturated carbocycles. The first-order chi connectivity index (χ1) is 9.09. The van der Waals surface area contributed by atoms with Gasteiger partial charge in [0.05, 0.1) is 15.0 Å². The van der Waals surface area contributed by atoms with Crippen molar-refractivity contribution >= 4 is 28.6 Å². The molecule has 5 nitrogen and oxygen atoms in total. The zero-order valence-corrected chi connectivity index (χ0v) is 11.8. The molecule has 1 aromatic carbocycles. The molecule has 1 aromatic heterocycles. The second-order valence-corrected chi connectivity index (χ2v) is 5.47. The minimum absolute atomic E-state index is 0.0393. The summed E-state index contributed by atoms with van der Waals surface area (Å²) in [6, 6.07) is 4.64. The van der Waals surface area contributed by atoms with Crippen molar-refractivity contribution in [3.63, 3.8) is 0 Å². The van der Waals surface area contributed by atoms with Gasteiger partial charge in [0.1, 0.15) is 5.82 Å². The molecule has 0 atom stereocenters. The minimum Gasteiger partial charge on any atom is -0.476 e. The van der Waals surface area contributed by atoms with Crippen LogP contribution in [0.1, 0.15) is 34.9 Å². The highest BCUT2D eigenvalue weighted by atomic mass is 127. The SMILES string of the molecule is O=C(O)c1nnn(-c2cccc(F)c2I)c1C1CC1. The van der Waals surface area contributed by atoms with Crippen molar-refractivity contribution in [2.75, 3.05) is 0 Å². The molecular weight excluding hydrogens is 364 g/mol. The number of carboxylic acid groups (broad SMARTS) is 1. The lowest BCUT2D eigenvalue weighted by Crippen LogP contribution is -2.07. The molecule has 1 N–H and O–H groups in total. The van der Waals surface area contributed by atoms with E-state index in [1.165, 1.54) is 10.7 Å². The van der Waals surface area contributed by atoms with E-state index in [1.807, 2.05) is 22.6 Å². The number of rotatable bonds is 3. The van der Waals surface area contributed by atoms with E-state index >= 15 is 0 Å². The van der Waals surface area contributed by atoms with Crippen molar-refractivity contribution in [1.29, 1.82) is 0 Å². The smallest absolute Gasteiger partial charge is 0.358 e. The maximum absolute atomic E-state index is 13.6. The van der Waals surface area contributed by atoms with Gasteiger partial charge in [0.15, 0.2) is 5.69 Å². The molecule has 0 radical (unpaired) electrons. The number of nitrogens with zero attached hydrogens (tertiary/aromatic N) is 3. The first-order valence-electron chi connectivity index (χ1n) is 5.73. The van der Waals surface area contributed by atoms with Crippen molar-refractivity contribution in [2.45, 2.75) is 18.8 Å². The van der Waals surface area contributed by atoms with Crippen molar-refractivity contribution in [1.82, 2.24) is 15.0 Å². The van der Waals surface area contributed by atoms with Crippen LogP contribution in [0.5, 0.6) is 0 Å². The van der Waals surface area contributed by atoms with Gasteiger partial charge in [-0.15, -0.1) is 5.10 Å². The molecule has 1 fully saturated rings. The highest BCUT2D eigenvalue weighted by Crippen LogP contribution is 2.42. The second-order valence-electron chi connectivity index (χ2n) is 4.39. The van der Waals surface area contributed by atoms with Crippen LogP contribution < -0.4 is 0 Å². The summed E-state index contributed by atoms with van der Waals surface area (Å²) in [6.07, 6.45) is 1.83. The molecule has 2 aromatic rings. The average Bonchev–Trinajstić information content (AvgIpc) is 3.11. The Labute approximate surface area is 121 Å². The fraction of sp³-hybridized carbons (Fsp3) is 0.250. The third-order valence-corrected chi connectivity index (χ3v) is 4.10. The molecule has 0 unspecified atom stereocenters. The summed E-state index contributed by atoms with van der Waals surface area (Å²) < 4.78 is 15.5. The van der Waals surface area contributed by atoms with Gasteiger partial charge in [0.25, 0.3) is 0 Å². The number of halogens is 2. The summed E-state index contributed by atoms with van der Waals surface area (Å²) in [7, 11) is 0. The van der Waals surface area contributed by atoms with Crippen molar-refractivity contribution in [3.8, 4) is 5.69 Å². The molecule has 1 aliphatic rings. The second kappa shape index (κ2) is 4.55. The minimum atomic E-state index is -1.10. The number of carboxylic acids is 1. The number of aromatic nitrogens is 3. The molecule has 19 heavy (non-hydrogen) atoms. The predicted molar refractivity (Wildman–Crippen MR) is 73.0 cm³/mol. The Hall–Kier alpha value is -1.51. The third kappa shape index (κ3) is 2.11. The molecule has 1 heterocycles. The van der Waals surface area contributed by atoms with Crippen molar-refractivity contribution in [3.05, 3.63) is 39.0 Å². The number of aromatic carboxylic acids is 1. The van der Waals surface area contributed by atoms with Gasteiger partial charge in [-0.05, 0) is 47.6 Å². The Morgan fingerprint density at radius 2 is 2.21 bits per heavy atom. The van der Waals surface area contributed by atoms with Crippen LogP contribution in [0.15, 0.2) is 18.2 Å². The van der Waals surface area contributed by atoms with E-state index in [0.717, 1.165) is 12.8 Å². The van der Waals surface area contributed by atoms with Gasteiger partial charge in [-0.1, -0.05) is 11.3 Å². The van der Waals surface area contributed by atoms with E-state index < -0.39 is 5.97 Å². The standard InChI is InChI=1S/C12H9FIN3O2/c13-7-2-1-3-8(9(7)14)17-11(6-4-5-6)10(12(18)19)15-16-17/h1-3,6H,4-5H2,(H,18,19). The highest BCUT2D eigenvalue weighted by Gasteiger charge is 2.34. The summed E-state index contributed by atoms with van der Waals surface area (Å²) in [5.74, 6) is -1.30. The first-order valence-corrected chi connectivity index (χ1v) is 6.80. The fourth-order valence-electron chi connectivity index (χ4n) is 2.00. The van der Waals surface area contributed by atoms with E-state index in [4.69, 9.17) is 5.11 Å². The van der Waals surface area contributed by atoms with Gasteiger partial charge >= 0.3 is 5.97 Å². The van der Waals surface area contributed by atoms with Gasteiger partial charge in [0, 0.05) is 5.92 Å². The summed E-state index contributed by atoms with van der Waals surface area (Å²) in [4.78, 5) is 11.2.